The van der Waals surface area contributed by atoms with E-state index in [-0.39, 0.29) is 25.6 Å². The molecule has 0 saturated carbocycles. The first-order chi connectivity index (χ1) is 15.4. The van der Waals surface area contributed by atoms with E-state index in [1.165, 1.54) is 0 Å². The molecule has 0 aliphatic carbocycles. The number of guanidine groups is 1. The van der Waals surface area contributed by atoms with Crippen LogP contribution in [0.4, 0.5) is 4.79 Å². The van der Waals surface area contributed by atoms with Crippen molar-refractivity contribution in [1.29, 1.82) is 0 Å². The van der Waals surface area contributed by atoms with Gasteiger partial charge in [0.1, 0.15) is 18.4 Å². The predicted molar refractivity (Wildman–Crippen MR) is 120 cm³/mol. The number of aliphatic carboxylic acids is 1. The Bertz CT molecular complexity index is 912. The summed E-state index contributed by atoms with van der Waals surface area (Å²) < 4.78 is 10.7. The monoisotopic (exact) mass is 441 g/mol. The molecule has 1 atom stereocenters. The molecule has 0 radical (unpaired) electrons. The lowest BCUT2D eigenvalue weighted by atomic mass is 10.1. The Morgan fingerprint density at radius 3 is 2.44 bits per heavy atom. The summed E-state index contributed by atoms with van der Waals surface area (Å²) in [5.74, 6) is -0.658. The molecule has 2 rings (SSSR count). The SMILES string of the molecule is NC(N)=NN=CCCc1ccc(OCCC(NC(=O)OCc2ccccc2)C(=O)O)cc1. The molecule has 0 spiro atoms. The fourth-order valence-electron chi connectivity index (χ4n) is 2.61. The third kappa shape index (κ3) is 9.61. The Kier molecular flexibility index (Phi) is 10.0. The summed E-state index contributed by atoms with van der Waals surface area (Å²) in [7, 11) is 0. The zero-order chi connectivity index (χ0) is 23.2. The number of carboxylic acid groups (broad SMARTS) is 1. The van der Waals surface area contributed by atoms with Crippen LogP contribution in [0, 0.1) is 0 Å². The summed E-state index contributed by atoms with van der Waals surface area (Å²) in [6, 6.07) is 15.4. The second kappa shape index (κ2) is 13.3. The molecule has 0 heterocycles. The van der Waals surface area contributed by atoms with E-state index >= 15 is 0 Å². The largest absolute Gasteiger partial charge is 0.494 e. The highest BCUT2D eigenvalue weighted by molar-refractivity contribution is 5.79. The number of hydrogen-bond acceptors (Lipinski definition) is 6. The lowest BCUT2D eigenvalue weighted by Gasteiger charge is -2.15. The van der Waals surface area contributed by atoms with Gasteiger partial charge in [-0.3, -0.25) is 0 Å². The van der Waals surface area contributed by atoms with Gasteiger partial charge >= 0.3 is 12.1 Å². The van der Waals surface area contributed by atoms with Gasteiger partial charge in [-0.15, -0.1) is 5.10 Å². The predicted octanol–water partition coefficient (Wildman–Crippen LogP) is 2.03. The number of alkyl carbamates (subject to hydrolysis) is 1. The van der Waals surface area contributed by atoms with Gasteiger partial charge in [-0.05, 0) is 36.1 Å². The van der Waals surface area contributed by atoms with E-state index in [4.69, 9.17) is 20.9 Å². The van der Waals surface area contributed by atoms with Crippen LogP contribution in [0.5, 0.6) is 5.75 Å². The Labute approximate surface area is 185 Å². The standard InChI is InChI=1S/C22H27N5O5/c23-21(24)27-25-13-4-7-16-8-10-18(11-9-16)31-14-12-19(20(28)29)26-22(30)32-15-17-5-2-1-3-6-17/h1-3,5-6,8-11,13,19H,4,7,12,14-15H2,(H,26,30)(H,28,29)(H4,23,24,27). The Hall–Kier alpha value is -4.08. The van der Waals surface area contributed by atoms with Crippen molar-refractivity contribution in [3.05, 3.63) is 65.7 Å². The smallest absolute Gasteiger partial charge is 0.408 e. The minimum atomic E-state index is -1.16. The van der Waals surface area contributed by atoms with Crippen LogP contribution in [0.25, 0.3) is 0 Å². The third-order valence-corrected chi connectivity index (χ3v) is 4.22. The zero-order valence-corrected chi connectivity index (χ0v) is 17.5. The summed E-state index contributed by atoms with van der Waals surface area (Å²) in [5.41, 5.74) is 12.2. The highest BCUT2D eigenvalue weighted by Gasteiger charge is 2.20. The Balaban J connectivity index is 1.72. The number of hydrogen-bond donors (Lipinski definition) is 4. The van der Waals surface area contributed by atoms with Crippen LogP contribution in [0.3, 0.4) is 0 Å². The van der Waals surface area contributed by atoms with Crippen LogP contribution in [0.2, 0.25) is 0 Å². The number of nitrogens with zero attached hydrogens (tertiary/aromatic N) is 2. The van der Waals surface area contributed by atoms with Crippen molar-refractivity contribution in [3.63, 3.8) is 0 Å². The number of ether oxygens (including phenoxy) is 2. The number of aryl methyl sites for hydroxylation is 1. The van der Waals surface area contributed by atoms with Crippen molar-refractivity contribution >= 4 is 24.2 Å². The second-order valence-corrected chi connectivity index (χ2v) is 6.74. The molecule has 0 fully saturated rings. The minimum absolute atomic E-state index is 0.0575. The Morgan fingerprint density at radius 1 is 1.06 bits per heavy atom. The van der Waals surface area contributed by atoms with E-state index < -0.39 is 18.1 Å². The Morgan fingerprint density at radius 2 is 1.78 bits per heavy atom. The van der Waals surface area contributed by atoms with Gasteiger partial charge in [0, 0.05) is 12.6 Å². The van der Waals surface area contributed by atoms with E-state index in [9.17, 15) is 14.7 Å². The highest BCUT2D eigenvalue weighted by Crippen LogP contribution is 2.14. The average Bonchev–Trinajstić information content (AvgIpc) is 2.78. The van der Waals surface area contributed by atoms with E-state index in [1.54, 1.807) is 30.5 Å². The van der Waals surface area contributed by atoms with Gasteiger partial charge in [0.2, 0.25) is 5.96 Å². The number of carbonyl (C=O) groups excluding carboxylic acids is 1. The van der Waals surface area contributed by atoms with Crippen molar-refractivity contribution < 1.29 is 24.2 Å². The molecule has 1 unspecified atom stereocenters. The topological polar surface area (TPSA) is 162 Å². The van der Waals surface area contributed by atoms with Crippen LogP contribution in [0.1, 0.15) is 24.0 Å². The fraction of sp³-hybridized carbons (Fsp3) is 0.273. The molecule has 2 aromatic carbocycles. The summed E-state index contributed by atoms with van der Waals surface area (Å²) in [6.45, 7) is 0.169. The molecule has 32 heavy (non-hydrogen) atoms. The number of nitrogens with two attached hydrogens (primary N) is 2. The van der Waals surface area contributed by atoms with Crippen LogP contribution in [-0.4, -0.2) is 42.0 Å². The summed E-state index contributed by atoms with van der Waals surface area (Å²) in [6.07, 6.45) is 2.32. The van der Waals surface area contributed by atoms with Crippen molar-refractivity contribution in [3.8, 4) is 5.75 Å². The molecule has 10 heteroatoms. The number of carbonyl (C=O) groups is 2. The number of benzene rings is 2. The van der Waals surface area contributed by atoms with Crippen LogP contribution in [-0.2, 0) is 22.6 Å². The lowest BCUT2D eigenvalue weighted by molar-refractivity contribution is -0.139. The van der Waals surface area contributed by atoms with Crippen molar-refractivity contribution in [2.45, 2.75) is 31.9 Å². The van der Waals surface area contributed by atoms with Crippen molar-refractivity contribution in [2.75, 3.05) is 6.61 Å². The highest BCUT2D eigenvalue weighted by atomic mass is 16.5. The summed E-state index contributed by atoms with van der Waals surface area (Å²) >= 11 is 0. The first-order valence-electron chi connectivity index (χ1n) is 9.96. The molecule has 1 amide bonds. The van der Waals surface area contributed by atoms with E-state index in [0.29, 0.717) is 12.2 Å². The summed E-state index contributed by atoms with van der Waals surface area (Å²) in [4.78, 5) is 23.3. The van der Waals surface area contributed by atoms with E-state index in [1.807, 2.05) is 30.3 Å². The molecule has 0 aliphatic rings. The number of rotatable bonds is 12. The van der Waals surface area contributed by atoms with Crippen LogP contribution < -0.4 is 21.5 Å². The van der Waals surface area contributed by atoms with Gasteiger partial charge < -0.3 is 31.4 Å². The van der Waals surface area contributed by atoms with Gasteiger partial charge in [-0.2, -0.15) is 5.10 Å². The van der Waals surface area contributed by atoms with E-state index in [0.717, 1.165) is 17.5 Å². The van der Waals surface area contributed by atoms with Crippen LogP contribution in [0.15, 0.2) is 64.8 Å². The molecule has 2 aromatic rings. The zero-order valence-electron chi connectivity index (χ0n) is 17.5. The quantitative estimate of drug-likeness (QED) is 0.222. The summed E-state index contributed by atoms with van der Waals surface area (Å²) in [5, 5.41) is 18.9. The van der Waals surface area contributed by atoms with Gasteiger partial charge in [-0.1, -0.05) is 42.5 Å². The van der Waals surface area contributed by atoms with Gasteiger partial charge in [0.15, 0.2) is 0 Å². The molecule has 0 aliphatic heterocycles. The molecule has 0 saturated heterocycles. The molecule has 170 valence electrons. The molecule has 0 bridgehead atoms. The van der Waals surface area contributed by atoms with Crippen LogP contribution >= 0.6 is 0 Å². The van der Waals surface area contributed by atoms with Crippen molar-refractivity contribution in [1.82, 2.24) is 5.32 Å². The van der Waals surface area contributed by atoms with Gasteiger partial charge in [0.05, 0.1) is 6.61 Å². The third-order valence-electron chi connectivity index (χ3n) is 4.22. The molecule has 0 aromatic heterocycles. The van der Waals surface area contributed by atoms with Gasteiger partial charge in [0.25, 0.3) is 0 Å². The lowest BCUT2D eigenvalue weighted by Crippen LogP contribution is -2.42. The molecular weight excluding hydrogens is 414 g/mol. The number of amides is 1. The second-order valence-electron chi connectivity index (χ2n) is 6.74. The normalized spacial score (nSPS) is 11.5. The number of carboxylic acids is 1. The number of nitrogens with one attached hydrogen (secondary N) is 1. The van der Waals surface area contributed by atoms with Crippen molar-refractivity contribution in [2.24, 2.45) is 21.7 Å². The maximum absolute atomic E-state index is 11.9. The maximum atomic E-state index is 11.9. The van der Waals surface area contributed by atoms with Gasteiger partial charge in [-0.25, -0.2) is 9.59 Å². The molecule has 6 N–H and O–H groups in total. The van der Waals surface area contributed by atoms with E-state index in [2.05, 4.69) is 15.5 Å². The fourth-order valence-corrected chi connectivity index (χ4v) is 2.61. The first-order valence-corrected chi connectivity index (χ1v) is 9.96. The molecule has 10 nitrogen and oxygen atoms in total. The first kappa shape index (κ1) is 24.2. The molecular formula is C22H27N5O5. The average molecular weight is 441 g/mol. The minimum Gasteiger partial charge on any atom is -0.494 e. The maximum Gasteiger partial charge on any atom is 0.408 e.